The number of nitrogens with one attached hydrogen (secondary N) is 2. The Kier molecular flexibility index (Phi) is 6.70. The van der Waals surface area contributed by atoms with Crippen LogP contribution in [0.3, 0.4) is 0 Å². The van der Waals surface area contributed by atoms with Crippen LogP contribution in [0.15, 0.2) is 40.1 Å². The number of hydrogen-bond donors (Lipinski definition) is 2. The molecule has 0 spiro atoms. The zero-order chi connectivity index (χ0) is 21.8. The minimum absolute atomic E-state index is 0.163. The van der Waals surface area contributed by atoms with Crippen molar-refractivity contribution in [3.63, 3.8) is 0 Å². The van der Waals surface area contributed by atoms with Crippen LogP contribution < -0.4 is 10.6 Å². The van der Waals surface area contributed by atoms with E-state index < -0.39 is 6.10 Å². The smallest absolute Gasteiger partial charge is 0.274 e. The van der Waals surface area contributed by atoms with Crippen LogP contribution in [0.5, 0.6) is 0 Å². The molecule has 1 aliphatic heterocycles. The monoisotopic (exact) mass is 487 g/mol. The van der Waals surface area contributed by atoms with Gasteiger partial charge in [0.05, 0.1) is 11.4 Å². The normalized spacial score (nSPS) is 18.9. The predicted octanol–water partition coefficient (Wildman–Crippen LogP) is 3.86. The highest BCUT2D eigenvalue weighted by molar-refractivity contribution is 9.10. The highest BCUT2D eigenvalue weighted by atomic mass is 79.9. The molecule has 1 aromatic carbocycles. The summed E-state index contributed by atoms with van der Waals surface area (Å²) in [7, 11) is 0. The Hall–Kier alpha value is -2.68. The lowest BCUT2D eigenvalue weighted by Crippen LogP contribution is -2.37. The molecule has 31 heavy (non-hydrogen) atoms. The number of rotatable bonds is 6. The quantitative estimate of drug-likeness (QED) is 0.646. The molecule has 8 nitrogen and oxygen atoms in total. The van der Waals surface area contributed by atoms with Crippen molar-refractivity contribution in [2.75, 3.05) is 5.32 Å². The Morgan fingerprint density at radius 3 is 2.81 bits per heavy atom. The van der Waals surface area contributed by atoms with Crippen LogP contribution in [-0.2, 0) is 16.2 Å². The molecule has 1 unspecified atom stereocenters. The van der Waals surface area contributed by atoms with E-state index >= 15 is 0 Å². The van der Waals surface area contributed by atoms with Crippen molar-refractivity contribution >= 4 is 39.1 Å². The van der Waals surface area contributed by atoms with Crippen LogP contribution in [0.1, 0.15) is 61.5 Å². The molecule has 2 amide bonds. The highest BCUT2D eigenvalue weighted by Crippen LogP contribution is 2.23. The summed E-state index contributed by atoms with van der Waals surface area (Å²) in [5, 5.41) is 14.3. The van der Waals surface area contributed by atoms with Crippen molar-refractivity contribution < 1.29 is 14.4 Å². The van der Waals surface area contributed by atoms with E-state index in [1.54, 1.807) is 10.9 Å². The van der Waals surface area contributed by atoms with E-state index in [1.165, 1.54) is 6.42 Å². The molecular weight excluding hydrogens is 462 g/mol. The molecule has 2 aliphatic rings. The van der Waals surface area contributed by atoms with Crippen LogP contribution in [-0.4, -0.2) is 39.5 Å². The van der Waals surface area contributed by atoms with Crippen LogP contribution in [0.2, 0.25) is 0 Å². The first-order valence-corrected chi connectivity index (χ1v) is 11.5. The van der Waals surface area contributed by atoms with E-state index in [2.05, 4.69) is 36.8 Å². The van der Waals surface area contributed by atoms with Gasteiger partial charge < -0.3 is 15.5 Å². The fourth-order valence-electron chi connectivity index (χ4n) is 3.91. The first-order chi connectivity index (χ1) is 15.0. The SMILES string of the molecule is CCn1cc(NC(=O)C2CC(c3cccc(Br)c3)=NO2)c(C(=O)NC2CCCCC2)n1. The largest absolute Gasteiger partial charge is 0.382 e. The van der Waals surface area contributed by atoms with Crippen molar-refractivity contribution in [3.8, 4) is 0 Å². The number of halogens is 1. The van der Waals surface area contributed by atoms with Crippen molar-refractivity contribution in [1.82, 2.24) is 15.1 Å². The standard InChI is InChI=1S/C22H26BrN5O3/c1-2-28-13-18(20(26-28)22(30)24-16-9-4-3-5-10-16)25-21(29)19-12-17(27-31-19)14-7-6-8-15(23)11-14/h6-8,11,13,16,19H,2-5,9-10,12H2,1H3,(H,24,30)(H,25,29). The van der Waals surface area contributed by atoms with Gasteiger partial charge in [0.15, 0.2) is 5.69 Å². The Labute approximate surface area is 189 Å². The third-order valence-corrected chi connectivity index (χ3v) is 6.11. The minimum Gasteiger partial charge on any atom is -0.382 e. The van der Waals surface area contributed by atoms with Crippen molar-refractivity contribution in [1.29, 1.82) is 0 Å². The van der Waals surface area contributed by atoms with Gasteiger partial charge in [0.1, 0.15) is 0 Å². The number of carbonyl (C=O) groups excluding carboxylic acids is 2. The Bertz CT molecular complexity index is 997. The molecule has 1 atom stereocenters. The molecule has 4 rings (SSSR count). The van der Waals surface area contributed by atoms with Crippen LogP contribution in [0.25, 0.3) is 0 Å². The average molecular weight is 488 g/mol. The second-order valence-electron chi connectivity index (χ2n) is 7.89. The highest BCUT2D eigenvalue weighted by Gasteiger charge is 2.31. The summed E-state index contributed by atoms with van der Waals surface area (Å²) >= 11 is 3.44. The maximum Gasteiger partial charge on any atom is 0.274 e. The predicted molar refractivity (Wildman–Crippen MR) is 121 cm³/mol. The molecule has 1 aliphatic carbocycles. The molecule has 0 saturated heterocycles. The third-order valence-electron chi connectivity index (χ3n) is 5.62. The summed E-state index contributed by atoms with van der Waals surface area (Å²) in [5.41, 5.74) is 2.23. The first kappa shape index (κ1) is 21.5. The van der Waals surface area contributed by atoms with Gasteiger partial charge in [-0.2, -0.15) is 5.10 Å². The third kappa shape index (κ3) is 5.15. The van der Waals surface area contributed by atoms with E-state index in [1.807, 2.05) is 31.2 Å². The van der Waals surface area contributed by atoms with Gasteiger partial charge in [0.25, 0.3) is 11.8 Å². The number of nitrogens with zero attached hydrogens (tertiary/aromatic N) is 3. The molecule has 0 bridgehead atoms. The van der Waals surface area contributed by atoms with Gasteiger partial charge in [-0.15, -0.1) is 0 Å². The molecule has 9 heteroatoms. The number of aromatic nitrogens is 2. The molecule has 164 valence electrons. The lowest BCUT2D eigenvalue weighted by atomic mass is 9.95. The summed E-state index contributed by atoms with van der Waals surface area (Å²) in [6.07, 6.45) is 6.69. The summed E-state index contributed by atoms with van der Waals surface area (Å²) in [5.74, 6) is -0.607. The first-order valence-electron chi connectivity index (χ1n) is 10.7. The maximum atomic E-state index is 12.8. The molecule has 1 saturated carbocycles. The Balaban J connectivity index is 1.42. The fourth-order valence-corrected chi connectivity index (χ4v) is 4.31. The van der Waals surface area contributed by atoms with Crippen molar-refractivity contribution in [2.24, 2.45) is 5.16 Å². The number of hydrogen-bond acceptors (Lipinski definition) is 5. The summed E-state index contributed by atoms with van der Waals surface area (Å²) < 4.78 is 2.57. The van der Waals surface area contributed by atoms with E-state index in [9.17, 15) is 9.59 Å². The molecule has 2 aromatic rings. The number of benzene rings is 1. The Morgan fingerprint density at radius 2 is 2.06 bits per heavy atom. The molecule has 2 N–H and O–H groups in total. The topological polar surface area (TPSA) is 97.6 Å². The minimum atomic E-state index is -0.756. The van der Waals surface area contributed by atoms with Gasteiger partial charge in [-0.25, -0.2) is 0 Å². The number of carbonyl (C=O) groups is 2. The summed E-state index contributed by atoms with van der Waals surface area (Å²) in [6, 6.07) is 7.85. The number of amides is 2. The Morgan fingerprint density at radius 1 is 1.26 bits per heavy atom. The van der Waals surface area contributed by atoms with Gasteiger partial charge >= 0.3 is 0 Å². The van der Waals surface area contributed by atoms with Gasteiger partial charge in [0.2, 0.25) is 6.10 Å². The zero-order valence-electron chi connectivity index (χ0n) is 17.4. The lowest BCUT2D eigenvalue weighted by molar-refractivity contribution is -0.125. The van der Waals surface area contributed by atoms with Crippen LogP contribution >= 0.6 is 15.9 Å². The number of anilines is 1. The van der Waals surface area contributed by atoms with Gasteiger partial charge in [-0.3, -0.25) is 14.3 Å². The van der Waals surface area contributed by atoms with E-state index in [0.29, 0.717) is 24.4 Å². The number of aryl methyl sites for hydroxylation is 1. The van der Waals surface area contributed by atoms with E-state index in [0.717, 1.165) is 35.7 Å². The van der Waals surface area contributed by atoms with Crippen molar-refractivity contribution in [3.05, 3.63) is 46.2 Å². The lowest BCUT2D eigenvalue weighted by Gasteiger charge is -2.22. The molecular formula is C22H26BrN5O3. The zero-order valence-corrected chi connectivity index (χ0v) is 19.0. The maximum absolute atomic E-state index is 12.8. The van der Waals surface area contributed by atoms with Gasteiger partial charge in [-0.05, 0) is 31.9 Å². The molecule has 1 aromatic heterocycles. The van der Waals surface area contributed by atoms with Gasteiger partial charge in [-0.1, -0.05) is 52.5 Å². The number of oxime groups is 1. The fraction of sp³-hybridized carbons (Fsp3) is 0.455. The van der Waals surface area contributed by atoms with E-state index in [4.69, 9.17) is 4.84 Å². The van der Waals surface area contributed by atoms with E-state index in [-0.39, 0.29) is 23.6 Å². The molecule has 2 heterocycles. The van der Waals surface area contributed by atoms with Crippen LogP contribution in [0.4, 0.5) is 5.69 Å². The average Bonchev–Trinajstić information content (AvgIpc) is 3.42. The van der Waals surface area contributed by atoms with Crippen molar-refractivity contribution in [2.45, 2.75) is 64.1 Å². The van der Waals surface area contributed by atoms with Crippen LogP contribution in [0, 0.1) is 0 Å². The second kappa shape index (κ2) is 9.64. The summed E-state index contributed by atoms with van der Waals surface area (Å²) in [6.45, 7) is 2.52. The van der Waals surface area contributed by atoms with Gasteiger partial charge in [0, 0.05) is 35.2 Å². The second-order valence-corrected chi connectivity index (χ2v) is 8.81. The summed E-state index contributed by atoms with van der Waals surface area (Å²) in [4.78, 5) is 31.1. The molecule has 1 fully saturated rings. The molecule has 0 radical (unpaired) electrons.